The molecule has 3 atom stereocenters. The lowest BCUT2D eigenvalue weighted by Crippen LogP contribution is -2.47. The number of hydrogen-bond acceptors (Lipinski definition) is 4. The standard InChI is InChI=1S/C16H32O4SSi/c1-15(2,3)22(5,6)20-14-8-7-10-16(14)11-9-13(12-16)19-21(4,17)18/h13-14H,7-12H2,1-6H3/t13-,14+,16-/m1/s1. The van der Waals surface area contributed by atoms with Crippen LogP contribution in [0.2, 0.25) is 18.1 Å². The van der Waals surface area contributed by atoms with Crippen LogP contribution in [0.25, 0.3) is 0 Å². The first-order chi connectivity index (χ1) is 9.85. The molecule has 0 aliphatic heterocycles. The lowest BCUT2D eigenvalue weighted by molar-refractivity contribution is 0.0573. The first-order valence-corrected chi connectivity index (χ1v) is 13.1. The molecule has 0 unspecified atom stereocenters. The Morgan fingerprint density at radius 1 is 1.14 bits per heavy atom. The van der Waals surface area contributed by atoms with E-state index >= 15 is 0 Å². The quantitative estimate of drug-likeness (QED) is 0.567. The molecule has 2 rings (SSSR count). The Balaban J connectivity index is 2.08. The third-order valence-electron chi connectivity index (χ3n) is 5.98. The van der Waals surface area contributed by atoms with E-state index in [0.717, 1.165) is 38.4 Å². The molecule has 2 aliphatic carbocycles. The largest absolute Gasteiger partial charge is 0.413 e. The van der Waals surface area contributed by atoms with Gasteiger partial charge in [-0.15, -0.1) is 0 Å². The van der Waals surface area contributed by atoms with Crippen LogP contribution in [0.1, 0.15) is 59.3 Å². The van der Waals surface area contributed by atoms with Crippen LogP contribution in [0.3, 0.4) is 0 Å². The van der Waals surface area contributed by atoms with Gasteiger partial charge in [0.05, 0.1) is 18.5 Å². The molecule has 0 N–H and O–H groups in total. The van der Waals surface area contributed by atoms with Crippen molar-refractivity contribution in [3.63, 3.8) is 0 Å². The highest BCUT2D eigenvalue weighted by molar-refractivity contribution is 7.86. The zero-order valence-electron chi connectivity index (χ0n) is 14.9. The van der Waals surface area contributed by atoms with Crippen LogP contribution in [0.5, 0.6) is 0 Å². The van der Waals surface area contributed by atoms with E-state index in [1.807, 2.05) is 0 Å². The maximum Gasteiger partial charge on any atom is 0.264 e. The van der Waals surface area contributed by atoms with Crippen LogP contribution < -0.4 is 0 Å². The van der Waals surface area contributed by atoms with Gasteiger partial charge in [-0.3, -0.25) is 4.18 Å². The van der Waals surface area contributed by atoms with Gasteiger partial charge in [0.2, 0.25) is 0 Å². The third kappa shape index (κ3) is 3.94. The van der Waals surface area contributed by atoms with E-state index < -0.39 is 18.4 Å². The molecule has 2 aliphatic rings. The summed E-state index contributed by atoms with van der Waals surface area (Å²) >= 11 is 0. The summed E-state index contributed by atoms with van der Waals surface area (Å²) in [5.41, 5.74) is 0.144. The second-order valence-corrected chi connectivity index (χ2v) is 15.1. The molecule has 1 spiro atoms. The summed E-state index contributed by atoms with van der Waals surface area (Å²) in [7, 11) is -5.15. The molecule has 22 heavy (non-hydrogen) atoms. The molecule has 130 valence electrons. The molecule has 0 aromatic rings. The van der Waals surface area contributed by atoms with Crippen LogP contribution >= 0.6 is 0 Å². The minimum absolute atomic E-state index is 0.144. The maximum absolute atomic E-state index is 11.4. The van der Waals surface area contributed by atoms with E-state index in [2.05, 4.69) is 33.9 Å². The van der Waals surface area contributed by atoms with Crippen molar-refractivity contribution in [3.05, 3.63) is 0 Å². The number of rotatable bonds is 4. The Kier molecular flexibility index (Phi) is 4.91. The summed E-state index contributed by atoms with van der Waals surface area (Å²) in [5.74, 6) is 0. The summed E-state index contributed by atoms with van der Waals surface area (Å²) < 4.78 is 34.7. The smallest absolute Gasteiger partial charge is 0.264 e. The Bertz CT molecular complexity index is 509. The van der Waals surface area contributed by atoms with E-state index in [9.17, 15) is 8.42 Å². The van der Waals surface area contributed by atoms with Gasteiger partial charge in [-0.05, 0) is 55.7 Å². The van der Waals surface area contributed by atoms with Gasteiger partial charge < -0.3 is 4.43 Å². The van der Waals surface area contributed by atoms with Crippen LogP contribution in [0, 0.1) is 5.41 Å². The molecular formula is C16H32O4SSi. The minimum Gasteiger partial charge on any atom is -0.413 e. The average molecular weight is 349 g/mol. The van der Waals surface area contributed by atoms with Crippen LogP contribution in [-0.4, -0.2) is 35.2 Å². The Hall–Kier alpha value is 0.0869. The van der Waals surface area contributed by atoms with E-state index in [0.29, 0.717) is 0 Å². The zero-order valence-corrected chi connectivity index (χ0v) is 16.8. The predicted molar refractivity (Wildman–Crippen MR) is 91.9 cm³/mol. The first-order valence-electron chi connectivity index (χ1n) is 8.41. The second-order valence-electron chi connectivity index (χ2n) is 8.79. The van der Waals surface area contributed by atoms with Crippen molar-refractivity contribution >= 4 is 18.4 Å². The van der Waals surface area contributed by atoms with Crippen molar-refractivity contribution in [2.24, 2.45) is 5.41 Å². The van der Waals surface area contributed by atoms with E-state index in [4.69, 9.17) is 8.61 Å². The monoisotopic (exact) mass is 348 g/mol. The van der Waals surface area contributed by atoms with Crippen molar-refractivity contribution in [2.75, 3.05) is 6.26 Å². The summed E-state index contributed by atoms with van der Waals surface area (Å²) in [4.78, 5) is 0. The fourth-order valence-electron chi connectivity index (χ4n) is 3.78. The minimum atomic E-state index is -3.36. The van der Waals surface area contributed by atoms with Crippen LogP contribution in [0.15, 0.2) is 0 Å². The van der Waals surface area contributed by atoms with Gasteiger partial charge >= 0.3 is 0 Å². The average Bonchev–Trinajstić information content (AvgIpc) is 2.84. The Morgan fingerprint density at radius 3 is 2.32 bits per heavy atom. The van der Waals surface area contributed by atoms with Gasteiger partial charge in [-0.25, -0.2) is 0 Å². The van der Waals surface area contributed by atoms with Gasteiger partial charge in [0.1, 0.15) is 0 Å². The normalized spacial score (nSPS) is 33.7. The van der Waals surface area contributed by atoms with Crippen molar-refractivity contribution < 1.29 is 17.0 Å². The summed E-state index contributed by atoms with van der Waals surface area (Å²) in [6, 6.07) is 0. The van der Waals surface area contributed by atoms with Crippen molar-refractivity contribution in [2.45, 2.75) is 89.6 Å². The highest BCUT2D eigenvalue weighted by Gasteiger charge is 2.52. The van der Waals surface area contributed by atoms with Gasteiger partial charge in [0.25, 0.3) is 10.1 Å². The molecular weight excluding hydrogens is 316 g/mol. The highest BCUT2D eigenvalue weighted by atomic mass is 32.2. The van der Waals surface area contributed by atoms with Crippen molar-refractivity contribution in [1.82, 2.24) is 0 Å². The molecule has 2 saturated carbocycles. The molecule has 6 heteroatoms. The Morgan fingerprint density at radius 2 is 1.77 bits per heavy atom. The fraction of sp³-hybridized carbons (Fsp3) is 1.00. The molecule has 0 aromatic carbocycles. The predicted octanol–water partition coefficient (Wildman–Crippen LogP) is 4.08. The van der Waals surface area contributed by atoms with E-state index in [1.54, 1.807) is 0 Å². The molecule has 0 amide bonds. The van der Waals surface area contributed by atoms with Crippen molar-refractivity contribution in [3.8, 4) is 0 Å². The summed E-state index contributed by atoms with van der Waals surface area (Å²) in [5, 5.41) is 0.206. The molecule has 0 saturated heterocycles. The van der Waals surface area contributed by atoms with Crippen molar-refractivity contribution in [1.29, 1.82) is 0 Å². The third-order valence-corrected chi connectivity index (χ3v) is 11.1. The first kappa shape index (κ1) is 18.4. The number of hydrogen-bond donors (Lipinski definition) is 0. The molecule has 4 nitrogen and oxygen atoms in total. The van der Waals surface area contributed by atoms with Gasteiger partial charge in [-0.2, -0.15) is 8.42 Å². The van der Waals surface area contributed by atoms with E-state index in [1.165, 1.54) is 6.42 Å². The lowest BCUT2D eigenvalue weighted by atomic mass is 9.82. The second kappa shape index (κ2) is 5.87. The zero-order chi connectivity index (χ0) is 16.8. The fourth-order valence-corrected chi connectivity index (χ4v) is 5.87. The topological polar surface area (TPSA) is 52.6 Å². The lowest BCUT2D eigenvalue weighted by Gasteiger charge is -2.43. The van der Waals surface area contributed by atoms with Gasteiger partial charge in [0.15, 0.2) is 8.32 Å². The summed E-state index contributed by atoms with van der Waals surface area (Å²) in [6.45, 7) is 11.4. The van der Waals surface area contributed by atoms with Crippen LogP contribution in [-0.2, 0) is 18.7 Å². The van der Waals surface area contributed by atoms with Gasteiger partial charge in [0, 0.05) is 0 Å². The highest BCUT2D eigenvalue weighted by Crippen LogP contribution is 2.54. The van der Waals surface area contributed by atoms with Crippen LogP contribution in [0.4, 0.5) is 0 Å². The molecule has 0 heterocycles. The SMILES string of the molecule is CC(C)(C)[Si](C)(C)O[C@H]1CCC[C@]12CC[C@@H](OS(C)(=O)=O)C2. The molecule has 0 aromatic heterocycles. The summed E-state index contributed by atoms with van der Waals surface area (Å²) in [6.07, 6.45) is 7.42. The molecule has 0 radical (unpaired) electrons. The Labute approximate surface area is 137 Å². The maximum atomic E-state index is 11.4. The molecule has 0 bridgehead atoms. The molecule has 2 fully saturated rings. The van der Waals surface area contributed by atoms with E-state index in [-0.39, 0.29) is 22.7 Å². The van der Waals surface area contributed by atoms with Gasteiger partial charge in [-0.1, -0.05) is 27.2 Å².